The topological polar surface area (TPSA) is 76.5 Å². The summed E-state index contributed by atoms with van der Waals surface area (Å²) < 4.78 is 7.29. The molecule has 0 radical (unpaired) electrons. The number of aromatic nitrogens is 2. The Labute approximate surface area is 177 Å². The fraction of sp³-hybridized carbons (Fsp3) is 0.522. The van der Waals surface area contributed by atoms with Crippen LogP contribution in [-0.2, 0) is 24.1 Å². The van der Waals surface area contributed by atoms with Gasteiger partial charge >= 0.3 is 0 Å². The van der Waals surface area contributed by atoms with Crippen LogP contribution in [0.4, 0.5) is 0 Å². The molecule has 1 N–H and O–H groups in total. The van der Waals surface area contributed by atoms with Crippen LogP contribution in [0.1, 0.15) is 51.7 Å². The Kier molecular flexibility index (Phi) is 6.47. The lowest BCUT2D eigenvalue weighted by Crippen LogP contribution is -2.41. The van der Waals surface area contributed by atoms with E-state index < -0.39 is 0 Å². The third-order valence-corrected chi connectivity index (χ3v) is 6.01. The van der Waals surface area contributed by atoms with E-state index in [1.165, 1.54) is 5.56 Å². The fourth-order valence-electron chi connectivity index (χ4n) is 4.24. The molecule has 0 bridgehead atoms. The molecule has 2 amide bonds. The summed E-state index contributed by atoms with van der Waals surface area (Å²) >= 11 is 0. The second kappa shape index (κ2) is 9.43. The van der Waals surface area contributed by atoms with Gasteiger partial charge < -0.3 is 15.0 Å². The minimum atomic E-state index is -0.0400. The van der Waals surface area contributed by atoms with Crippen LogP contribution in [0.3, 0.4) is 0 Å². The summed E-state index contributed by atoms with van der Waals surface area (Å²) in [4.78, 5) is 27.3. The summed E-state index contributed by atoms with van der Waals surface area (Å²) in [7, 11) is 0. The lowest BCUT2D eigenvalue weighted by molar-refractivity contribution is 0.0301. The minimum Gasteiger partial charge on any atom is -0.378 e. The maximum Gasteiger partial charge on any atom is 0.257 e. The lowest BCUT2D eigenvalue weighted by atomic mass is 9.94. The Hall–Kier alpha value is -2.67. The highest BCUT2D eigenvalue weighted by Crippen LogP contribution is 2.24. The van der Waals surface area contributed by atoms with Crippen molar-refractivity contribution in [2.45, 2.75) is 39.2 Å². The van der Waals surface area contributed by atoms with E-state index in [-0.39, 0.29) is 11.8 Å². The number of ether oxygens (including phenoxy) is 1. The average Bonchev–Trinajstić information content (AvgIpc) is 3.21. The third-order valence-electron chi connectivity index (χ3n) is 6.01. The quantitative estimate of drug-likeness (QED) is 0.793. The average molecular weight is 411 g/mol. The van der Waals surface area contributed by atoms with Crippen LogP contribution in [0.25, 0.3) is 0 Å². The van der Waals surface area contributed by atoms with Gasteiger partial charge in [-0.1, -0.05) is 25.5 Å². The first kappa shape index (κ1) is 20.6. The number of rotatable bonds is 6. The number of morpholine rings is 1. The summed E-state index contributed by atoms with van der Waals surface area (Å²) in [6.07, 6.45) is 5.52. The zero-order chi connectivity index (χ0) is 20.9. The van der Waals surface area contributed by atoms with Gasteiger partial charge in [0.25, 0.3) is 11.8 Å². The molecule has 160 valence electrons. The number of carbonyl (C=O) groups excluding carboxylic acids is 2. The van der Waals surface area contributed by atoms with Gasteiger partial charge in [-0.25, -0.2) is 0 Å². The van der Waals surface area contributed by atoms with Crippen LogP contribution in [0.2, 0.25) is 0 Å². The summed E-state index contributed by atoms with van der Waals surface area (Å²) in [5, 5.41) is 7.50. The van der Waals surface area contributed by atoms with Gasteiger partial charge in [0.05, 0.1) is 30.7 Å². The third kappa shape index (κ3) is 4.56. The van der Waals surface area contributed by atoms with E-state index >= 15 is 0 Å². The Balaban J connectivity index is 1.35. The largest absolute Gasteiger partial charge is 0.378 e. The Bertz CT molecular complexity index is 884. The molecule has 2 aliphatic rings. The van der Waals surface area contributed by atoms with Crippen LogP contribution in [-0.4, -0.2) is 59.3 Å². The fourth-order valence-corrected chi connectivity index (χ4v) is 4.24. The van der Waals surface area contributed by atoms with Gasteiger partial charge in [-0.3, -0.25) is 14.3 Å². The number of hydrogen-bond donors (Lipinski definition) is 1. The van der Waals surface area contributed by atoms with Gasteiger partial charge in [-0.2, -0.15) is 5.10 Å². The second-order valence-corrected chi connectivity index (χ2v) is 8.15. The molecule has 1 atom stereocenters. The SMILES string of the molecule is CCCc1ccc(C(=O)NCC2CCn3ncc(C(=O)N4CCOCC4)c3C2)cc1. The van der Waals surface area contributed by atoms with Crippen molar-refractivity contribution in [1.82, 2.24) is 20.0 Å². The first-order valence-electron chi connectivity index (χ1n) is 10.9. The molecule has 2 aromatic rings. The van der Waals surface area contributed by atoms with E-state index in [0.717, 1.165) is 37.9 Å². The number of amides is 2. The van der Waals surface area contributed by atoms with E-state index in [9.17, 15) is 9.59 Å². The van der Waals surface area contributed by atoms with E-state index in [0.29, 0.717) is 49.9 Å². The number of carbonyl (C=O) groups is 2. The molecular formula is C23H30N4O3. The van der Waals surface area contributed by atoms with Crippen LogP contribution >= 0.6 is 0 Å². The minimum absolute atomic E-state index is 0.0383. The maximum atomic E-state index is 12.9. The van der Waals surface area contributed by atoms with Crippen LogP contribution in [0.5, 0.6) is 0 Å². The van der Waals surface area contributed by atoms with Crippen molar-refractivity contribution in [1.29, 1.82) is 0 Å². The van der Waals surface area contributed by atoms with Gasteiger partial charge in [0.2, 0.25) is 0 Å². The molecule has 2 aliphatic heterocycles. The molecule has 1 aromatic heterocycles. The number of aryl methyl sites for hydroxylation is 2. The van der Waals surface area contributed by atoms with Crippen molar-refractivity contribution in [3.8, 4) is 0 Å². The molecule has 4 rings (SSSR count). The predicted molar refractivity (Wildman–Crippen MR) is 114 cm³/mol. The normalized spacial score (nSPS) is 18.7. The molecule has 0 saturated carbocycles. The molecule has 1 saturated heterocycles. The standard InChI is InChI=1S/C23H30N4O3/c1-2-3-17-4-6-19(7-5-17)22(28)24-15-18-8-9-27-21(14-18)20(16-25-27)23(29)26-10-12-30-13-11-26/h4-7,16,18H,2-3,8-15H2,1H3,(H,24,28). The lowest BCUT2D eigenvalue weighted by Gasteiger charge is -2.28. The first-order chi connectivity index (χ1) is 14.7. The van der Waals surface area contributed by atoms with Gasteiger partial charge in [0.15, 0.2) is 0 Å². The van der Waals surface area contributed by atoms with Crippen LogP contribution in [0, 0.1) is 5.92 Å². The Morgan fingerprint density at radius 3 is 2.67 bits per heavy atom. The summed E-state index contributed by atoms with van der Waals surface area (Å²) in [6, 6.07) is 7.85. The van der Waals surface area contributed by atoms with Gasteiger partial charge in [-0.15, -0.1) is 0 Å². The van der Waals surface area contributed by atoms with Gasteiger partial charge in [0.1, 0.15) is 0 Å². The second-order valence-electron chi connectivity index (χ2n) is 8.15. The number of hydrogen-bond acceptors (Lipinski definition) is 4. The van der Waals surface area contributed by atoms with Crippen molar-refractivity contribution < 1.29 is 14.3 Å². The smallest absolute Gasteiger partial charge is 0.257 e. The zero-order valence-electron chi connectivity index (χ0n) is 17.6. The van der Waals surface area contributed by atoms with Crippen molar-refractivity contribution in [2.24, 2.45) is 5.92 Å². The summed E-state index contributed by atoms with van der Waals surface area (Å²) in [5.41, 5.74) is 3.63. The maximum absolute atomic E-state index is 12.9. The number of fused-ring (bicyclic) bond motifs is 1. The molecule has 1 aromatic carbocycles. The Morgan fingerprint density at radius 2 is 1.93 bits per heavy atom. The van der Waals surface area contributed by atoms with Crippen molar-refractivity contribution >= 4 is 11.8 Å². The monoisotopic (exact) mass is 410 g/mol. The van der Waals surface area contributed by atoms with Gasteiger partial charge in [-0.05, 0) is 42.9 Å². The molecular weight excluding hydrogens is 380 g/mol. The highest BCUT2D eigenvalue weighted by molar-refractivity contribution is 5.95. The molecule has 30 heavy (non-hydrogen) atoms. The van der Waals surface area contributed by atoms with E-state index in [4.69, 9.17) is 4.74 Å². The number of nitrogens with one attached hydrogen (secondary N) is 1. The Morgan fingerprint density at radius 1 is 1.17 bits per heavy atom. The summed E-state index contributed by atoms with van der Waals surface area (Å²) in [5.74, 6) is 0.298. The molecule has 0 spiro atoms. The van der Waals surface area contributed by atoms with Gasteiger partial charge in [0, 0.05) is 31.7 Å². The van der Waals surface area contributed by atoms with Crippen LogP contribution in [0.15, 0.2) is 30.5 Å². The molecule has 7 heteroatoms. The highest BCUT2D eigenvalue weighted by Gasteiger charge is 2.28. The summed E-state index contributed by atoms with van der Waals surface area (Å²) in [6.45, 7) is 5.95. The number of benzene rings is 1. The van der Waals surface area contributed by atoms with E-state index in [1.54, 1.807) is 6.20 Å². The first-order valence-corrected chi connectivity index (χ1v) is 10.9. The highest BCUT2D eigenvalue weighted by atomic mass is 16.5. The molecule has 7 nitrogen and oxygen atoms in total. The van der Waals surface area contributed by atoms with Crippen molar-refractivity contribution in [2.75, 3.05) is 32.8 Å². The molecule has 3 heterocycles. The zero-order valence-corrected chi connectivity index (χ0v) is 17.6. The van der Waals surface area contributed by atoms with Crippen molar-refractivity contribution in [3.05, 3.63) is 52.8 Å². The molecule has 1 unspecified atom stereocenters. The molecule has 1 fully saturated rings. The predicted octanol–water partition coefficient (Wildman–Crippen LogP) is 2.30. The van der Waals surface area contributed by atoms with Crippen molar-refractivity contribution in [3.63, 3.8) is 0 Å². The molecule has 0 aliphatic carbocycles. The number of nitrogens with zero attached hydrogens (tertiary/aromatic N) is 3. The van der Waals surface area contributed by atoms with Crippen LogP contribution < -0.4 is 5.32 Å². The van der Waals surface area contributed by atoms with E-state index in [1.807, 2.05) is 33.8 Å². The van der Waals surface area contributed by atoms with E-state index in [2.05, 4.69) is 17.3 Å².